The van der Waals surface area contributed by atoms with Crippen molar-refractivity contribution in [2.75, 3.05) is 0 Å². The number of pyridine rings is 1. The van der Waals surface area contributed by atoms with Crippen LogP contribution in [-0.4, -0.2) is 16.0 Å². The molecule has 2 aromatic rings. The first-order valence-electron chi connectivity index (χ1n) is 7.44. The molecule has 3 heteroatoms. The largest absolute Gasteiger partial charge is 0.346 e. The summed E-state index contributed by atoms with van der Waals surface area (Å²) in [6, 6.07) is 4.82. The molecule has 3 nitrogen and oxygen atoms in total. The zero-order valence-electron chi connectivity index (χ0n) is 11.8. The van der Waals surface area contributed by atoms with Crippen LogP contribution in [0.15, 0.2) is 24.5 Å². The molecule has 3 rings (SSSR count). The summed E-state index contributed by atoms with van der Waals surface area (Å²) in [6.07, 6.45) is 7.93. The molecule has 3 unspecified atom stereocenters. The third-order valence-corrected chi connectivity index (χ3v) is 4.84. The Morgan fingerprint density at radius 2 is 2.32 bits per heavy atom. The van der Waals surface area contributed by atoms with E-state index in [1.165, 1.54) is 30.2 Å². The Labute approximate surface area is 114 Å². The van der Waals surface area contributed by atoms with Crippen LogP contribution < -0.4 is 5.32 Å². The molecule has 1 saturated carbocycles. The van der Waals surface area contributed by atoms with Crippen molar-refractivity contribution in [1.82, 2.24) is 15.3 Å². The molecule has 1 aliphatic carbocycles. The van der Waals surface area contributed by atoms with Crippen molar-refractivity contribution in [1.29, 1.82) is 0 Å². The zero-order chi connectivity index (χ0) is 13.2. The lowest BCUT2D eigenvalue weighted by Gasteiger charge is -2.20. The molecule has 2 N–H and O–H groups in total. The number of rotatable bonds is 4. The number of hydrogen-bond acceptors (Lipinski definition) is 2. The van der Waals surface area contributed by atoms with Crippen LogP contribution in [0.2, 0.25) is 0 Å². The Kier molecular flexibility index (Phi) is 3.56. The molecule has 2 heterocycles. The van der Waals surface area contributed by atoms with Crippen LogP contribution in [0.5, 0.6) is 0 Å². The first-order valence-corrected chi connectivity index (χ1v) is 7.44. The Morgan fingerprint density at radius 3 is 3.11 bits per heavy atom. The van der Waals surface area contributed by atoms with Crippen LogP contribution in [0.4, 0.5) is 0 Å². The molecule has 1 aliphatic rings. The molecule has 2 aromatic heterocycles. The first-order chi connectivity index (χ1) is 9.29. The molecule has 19 heavy (non-hydrogen) atoms. The van der Waals surface area contributed by atoms with E-state index in [0.29, 0.717) is 6.04 Å². The summed E-state index contributed by atoms with van der Waals surface area (Å²) in [6.45, 7) is 5.65. The van der Waals surface area contributed by atoms with Crippen LogP contribution in [0.3, 0.4) is 0 Å². The average molecular weight is 257 g/mol. The third-order valence-electron chi connectivity index (χ3n) is 4.84. The van der Waals surface area contributed by atoms with E-state index in [4.69, 9.17) is 0 Å². The second kappa shape index (κ2) is 5.33. The average Bonchev–Trinajstić information content (AvgIpc) is 3.00. The Hall–Kier alpha value is -1.35. The number of fused-ring (bicyclic) bond motifs is 1. The maximum absolute atomic E-state index is 4.34. The highest BCUT2D eigenvalue weighted by molar-refractivity contribution is 5.79. The van der Waals surface area contributed by atoms with Gasteiger partial charge < -0.3 is 10.3 Å². The number of hydrogen-bond donors (Lipinski definition) is 2. The number of nitrogens with zero attached hydrogens (tertiary/aromatic N) is 1. The molecule has 0 amide bonds. The maximum Gasteiger partial charge on any atom is 0.137 e. The van der Waals surface area contributed by atoms with Crippen LogP contribution in [0, 0.1) is 11.8 Å². The fourth-order valence-electron chi connectivity index (χ4n) is 3.51. The Balaban J connectivity index is 1.67. The van der Waals surface area contributed by atoms with Gasteiger partial charge in [-0.15, -0.1) is 0 Å². The van der Waals surface area contributed by atoms with Gasteiger partial charge in [0.05, 0.1) is 0 Å². The minimum absolute atomic E-state index is 0.673. The van der Waals surface area contributed by atoms with Crippen LogP contribution in [0.1, 0.15) is 38.7 Å². The fraction of sp³-hybridized carbons (Fsp3) is 0.562. The number of aromatic nitrogens is 2. The lowest BCUT2D eigenvalue weighted by atomic mass is 9.93. The second-order valence-electron chi connectivity index (χ2n) is 5.81. The first kappa shape index (κ1) is 12.7. The third kappa shape index (κ3) is 2.39. The summed E-state index contributed by atoms with van der Waals surface area (Å²) in [4.78, 5) is 7.58. The highest BCUT2D eigenvalue weighted by Gasteiger charge is 2.30. The van der Waals surface area contributed by atoms with Crippen LogP contribution >= 0.6 is 0 Å². The van der Waals surface area contributed by atoms with Crippen molar-refractivity contribution in [3.8, 4) is 0 Å². The van der Waals surface area contributed by atoms with Gasteiger partial charge in [-0.2, -0.15) is 0 Å². The van der Waals surface area contributed by atoms with E-state index >= 15 is 0 Å². The zero-order valence-corrected chi connectivity index (χ0v) is 11.8. The van der Waals surface area contributed by atoms with E-state index in [1.807, 2.05) is 12.3 Å². The van der Waals surface area contributed by atoms with Gasteiger partial charge in [-0.25, -0.2) is 4.98 Å². The summed E-state index contributed by atoms with van der Waals surface area (Å²) >= 11 is 0. The Bertz CT molecular complexity index is 546. The molecule has 0 bridgehead atoms. The van der Waals surface area contributed by atoms with E-state index < -0.39 is 0 Å². The molecule has 0 aromatic carbocycles. The second-order valence-corrected chi connectivity index (χ2v) is 5.81. The smallest absolute Gasteiger partial charge is 0.137 e. The normalized spacial score (nSPS) is 27.2. The highest BCUT2D eigenvalue weighted by Crippen LogP contribution is 2.34. The predicted octanol–water partition coefficient (Wildman–Crippen LogP) is 3.48. The minimum Gasteiger partial charge on any atom is -0.346 e. The standard InChI is InChI=1S/C16H23N3/c1-3-12-6-7-15(11(12)2)18-9-13-10-19-16-14(13)5-4-8-17-16/h4-5,8,10-12,15,18H,3,6-7,9H2,1-2H3,(H,17,19). The van der Waals surface area contributed by atoms with Gasteiger partial charge in [-0.1, -0.05) is 20.3 Å². The van der Waals surface area contributed by atoms with Crippen molar-refractivity contribution in [2.24, 2.45) is 11.8 Å². The molecular formula is C16H23N3. The summed E-state index contributed by atoms with van der Waals surface area (Å²) < 4.78 is 0. The SMILES string of the molecule is CCC1CCC(NCc2c[nH]c3ncccc23)C1C. The lowest BCUT2D eigenvalue weighted by molar-refractivity contribution is 0.344. The number of aromatic amines is 1. The highest BCUT2D eigenvalue weighted by atomic mass is 14.9. The van der Waals surface area contributed by atoms with Gasteiger partial charge >= 0.3 is 0 Å². The molecule has 0 radical (unpaired) electrons. The fourth-order valence-corrected chi connectivity index (χ4v) is 3.51. The van der Waals surface area contributed by atoms with Crippen molar-refractivity contribution in [3.63, 3.8) is 0 Å². The molecular weight excluding hydrogens is 234 g/mol. The monoisotopic (exact) mass is 257 g/mol. The van der Waals surface area contributed by atoms with Crippen molar-refractivity contribution in [2.45, 2.75) is 45.7 Å². The quantitative estimate of drug-likeness (QED) is 0.880. The van der Waals surface area contributed by atoms with Gasteiger partial charge in [0.15, 0.2) is 0 Å². The maximum atomic E-state index is 4.34. The van der Waals surface area contributed by atoms with Crippen LogP contribution in [-0.2, 0) is 6.54 Å². The number of nitrogens with one attached hydrogen (secondary N) is 2. The van der Waals surface area contributed by atoms with E-state index in [2.05, 4.69) is 41.4 Å². The van der Waals surface area contributed by atoms with Crippen molar-refractivity contribution in [3.05, 3.63) is 30.1 Å². The van der Waals surface area contributed by atoms with Crippen molar-refractivity contribution < 1.29 is 0 Å². The van der Waals surface area contributed by atoms with Gasteiger partial charge in [-0.05, 0) is 42.4 Å². The Morgan fingerprint density at radius 1 is 1.42 bits per heavy atom. The molecule has 0 spiro atoms. The molecule has 0 aliphatic heterocycles. The summed E-state index contributed by atoms with van der Waals surface area (Å²) in [5, 5.41) is 4.99. The summed E-state index contributed by atoms with van der Waals surface area (Å²) in [5.41, 5.74) is 2.32. The molecule has 1 fully saturated rings. The lowest BCUT2D eigenvalue weighted by Crippen LogP contribution is -2.32. The number of H-pyrrole nitrogens is 1. The van der Waals surface area contributed by atoms with E-state index in [0.717, 1.165) is 24.0 Å². The van der Waals surface area contributed by atoms with Crippen molar-refractivity contribution >= 4 is 11.0 Å². The van der Waals surface area contributed by atoms with Crippen LogP contribution in [0.25, 0.3) is 11.0 Å². The van der Waals surface area contributed by atoms with E-state index in [1.54, 1.807) is 0 Å². The van der Waals surface area contributed by atoms with E-state index in [9.17, 15) is 0 Å². The van der Waals surface area contributed by atoms with Gasteiger partial charge in [0, 0.05) is 30.4 Å². The van der Waals surface area contributed by atoms with Gasteiger partial charge in [0.1, 0.15) is 5.65 Å². The van der Waals surface area contributed by atoms with E-state index in [-0.39, 0.29) is 0 Å². The van der Waals surface area contributed by atoms with Gasteiger partial charge in [0.25, 0.3) is 0 Å². The predicted molar refractivity (Wildman–Crippen MR) is 78.9 cm³/mol. The minimum atomic E-state index is 0.673. The summed E-state index contributed by atoms with van der Waals surface area (Å²) in [5.74, 6) is 1.70. The topological polar surface area (TPSA) is 40.7 Å². The molecule has 3 atom stereocenters. The van der Waals surface area contributed by atoms with Gasteiger partial charge in [0.2, 0.25) is 0 Å². The molecule has 0 saturated heterocycles. The van der Waals surface area contributed by atoms with Gasteiger partial charge in [-0.3, -0.25) is 0 Å². The summed E-state index contributed by atoms with van der Waals surface area (Å²) in [7, 11) is 0. The molecule has 102 valence electrons.